The van der Waals surface area contributed by atoms with Gasteiger partial charge in [0.05, 0.1) is 6.04 Å². The summed E-state index contributed by atoms with van der Waals surface area (Å²) in [7, 11) is 0. The Kier molecular flexibility index (Phi) is 3.59. The number of hydrogen-bond acceptors (Lipinski definition) is 2. The molecule has 0 bridgehead atoms. The fraction of sp³-hybridized carbons (Fsp3) is 0.273. The zero-order valence-corrected chi connectivity index (χ0v) is 8.71. The molecule has 1 rings (SSSR count). The van der Waals surface area contributed by atoms with Gasteiger partial charge in [0.2, 0.25) is 0 Å². The topological polar surface area (TPSA) is 35.2 Å². The summed E-state index contributed by atoms with van der Waals surface area (Å²) in [4.78, 5) is 0. The van der Waals surface area contributed by atoms with E-state index < -0.39 is 6.36 Å². The summed E-state index contributed by atoms with van der Waals surface area (Å²) in [5.74, 6) is -0.259. The van der Waals surface area contributed by atoms with Gasteiger partial charge in [0, 0.05) is 0 Å². The number of hydrogen-bond donors (Lipinski definition) is 1. The van der Waals surface area contributed by atoms with Gasteiger partial charge < -0.3 is 10.5 Å². The Morgan fingerprint density at radius 1 is 1.31 bits per heavy atom. The van der Waals surface area contributed by atoms with Crippen LogP contribution in [0.4, 0.5) is 13.2 Å². The van der Waals surface area contributed by atoms with Gasteiger partial charge in [-0.15, -0.1) is 13.2 Å². The molecule has 0 aliphatic rings. The first-order valence-electron chi connectivity index (χ1n) is 4.56. The van der Waals surface area contributed by atoms with E-state index in [1.807, 2.05) is 0 Å². The number of ether oxygens (including phenoxy) is 1. The summed E-state index contributed by atoms with van der Waals surface area (Å²) in [5, 5.41) is 0. The van der Waals surface area contributed by atoms with E-state index in [1.54, 1.807) is 6.92 Å². The molecule has 1 aromatic carbocycles. The van der Waals surface area contributed by atoms with Crippen LogP contribution in [-0.4, -0.2) is 6.36 Å². The molecule has 0 saturated heterocycles. The highest BCUT2D eigenvalue weighted by Gasteiger charge is 2.30. The molecule has 0 heterocycles. The van der Waals surface area contributed by atoms with Crippen LogP contribution in [0.5, 0.6) is 5.75 Å². The van der Waals surface area contributed by atoms with Crippen molar-refractivity contribution in [3.63, 3.8) is 0 Å². The molecule has 1 aromatic rings. The average molecular weight is 231 g/mol. The number of halogens is 3. The molecule has 2 nitrogen and oxygen atoms in total. The Labute approximate surface area is 91.5 Å². The molecule has 0 aliphatic carbocycles. The SMILES string of the molecule is C=C(C)C(N)c1ccc(OC(F)(F)F)cc1. The van der Waals surface area contributed by atoms with Gasteiger partial charge in [0.25, 0.3) is 0 Å². The number of rotatable bonds is 3. The fourth-order valence-corrected chi connectivity index (χ4v) is 1.16. The van der Waals surface area contributed by atoms with Gasteiger partial charge in [-0.2, -0.15) is 0 Å². The van der Waals surface area contributed by atoms with Crippen molar-refractivity contribution in [2.24, 2.45) is 5.73 Å². The van der Waals surface area contributed by atoms with Crippen molar-refractivity contribution in [1.82, 2.24) is 0 Å². The zero-order valence-electron chi connectivity index (χ0n) is 8.71. The Morgan fingerprint density at radius 3 is 2.19 bits per heavy atom. The van der Waals surface area contributed by atoms with Crippen LogP contribution in [0.15, 0.2) is 36.4 Å². The Morgan fingerprint density at radius 2 is 1.81 bits per heavy atom. The monoisotopic (exact) mass is 231 g/mol. The van der Waals surface area contributed by atoms with E-state index in [9.17, 15) is 13.2 Å². The van der Waals surface area contributed by atoms with Crippen molar-refractivity contribution in [1.29, 1.82) is 0 Å². The van der Waals surface area contributed by atoms with Crippen LogP contribution in [0.2, 0.25) is 0 Å². The van der Waals surface area contributed by atoms with Gasteiger partial charge in [-0.05, 0) is 24.6 Å². The average Bonchev–Trinajstić information content (AvgIpc) is 2.15. The molecule has 0 saturated carbocycles. The molecule has 1 unspecified atom stereocenters. The molecule has 0 amide bonds. The molecule has 88 valence electrons. The van der Waals surface area contributed by atoms with Crippen LogP contribution in [-0.2, 0) is 0 Å². The quantitative estimate of drug-likeness (QED) is 0.811. The second kappa shape index (κ2) is 4.57. The highest BCUT2D eigenvalue weighted by atomic mass is 19.4. The highest BCUT2D eigenvalue weighted by Crippen LogP contribution is 2.25. The maximum absolute atomic E-state index is 11.9. The summed E-state index contributed by atoms with van der Waals surface area (Å²) in [6.45, 7) is 5.43. The molecule has 0 radical (unpaired) electrons. The second-order valence-electron chi connectivity index (χ2n) is 3.44. The Hall–Kier alpha value is -1.49. The fourth-order valence-electron chi connectivity index (χ4n) is 1.16. The zero-order chi connectivity index (χ0) is 12.3. The summed E-state index contributed by atoms with van der Waals surface area (Å²) >= 11 is 0. The van der Waals surface area contributed by atoms with E-state index in [4.69, 9.17) is 5.73 Å². The van der Waals surface area contributed by atoms with Gasteiger partial charge in [-0.1, -0.05) is 24.3 Å². The highest BCUT2D eigenvalue weighted by molar-refractivity contribution is 5.32. The van der Waals surface area contributed by atoms with Crippen LogP contribution in [0.1, 0.15) is 18.5 Å². The number of nitrogens with two attached hydrogens (primary N) is 1. The van der Waals surface area contributed by atoms with Crippen molar-refractivity contribution in [2.45, 2.75) is 19.3 Å². The maximum Gasteiger partial charge on any atom is 0.573 e. The lowest BCUT2D eigenvalue weighted by molar-refractivity contribution is -0.274. The van der Waals surface area contributed by atoms with Crippen LogP contribution >= 0.6 is 0 Å². The number of alkyl halides is 3. The van der Waals surface area contributed by atoms with Crippen LogP contribution in [0.25, 0.3) is 0 Å². The molecule has 1 atom stereocenters. The van der Waals surface area contributed by atoms with E-state index in [0.717, 1.165) is 5.57 Å². The minimum absolute atomic E-state index is 0.259. The van der Waals surface area contributed by atoms with Gasteiger partial charge in [-0.25, -0.2) is 0 Å². The second-order valence-corrected chi connectivity index (χ2v) is 3.44. The summed E-state index contributed by atoms with van der Waals surface area (Å²) in [5.41, 5.74) is 7.19. The molecule has 0 spiro atoms. The van der Waals surface area contributed by atoms with Gasteiger partial charge in [-0.3, -0.25) is 0 Å². The van der Waals surface area contributed by atoms with E-state index in [0.29, 0.717) is 5.56 Å². The third-order valence-electron chi connectivity index (χ3n) is 2.00. The lowest BCUT2D eigenvalue weighted by Gasteiger charge is -2.13. The molecule has 16 heavy (non-hydrogen) atoms. The molecule has 5 heteroatoms. The first-order chi connectivity index (χ1) is 7.29. The van der Waals surface area contributed by atoms with E-state index in [-0.39, 0.29) is 11.8 Å². The van der Waals surface area contributed by atoms with Gasteiger partial charge in [0.1, 0.15) is 5.75 Å². The lowest BCUT2D eigenvalue weighted by atomic mass is 10.0. The molecule has 0 aromatic heterocycles. The Balaban J connectivity index is 2.79. The molecule has 0 fully saturated rings. The van der Waals surface area contributed by atoms with Crippen LogP contribution < -0.4 is 10.5 Å². The predicted octanol–water partition coefficient (Wildman–Crippen LogP) is 3.16. The van der Waals surface area contributed by atoms with Crippen molar-refractivity contribution in [3.05, 3.63) is 42.0 Å². The van der Waals surface area contributed by atoms with Crippen molar-refractivity contribution < 1.29 is 17.9 Å². The normalized spacial score (nSPS) is 13.3. The van der Waals surface area contributed by atoms with E-state index >= 15 is 0 Å². The predicted molar refractivity (Wildman–Crippen MR) is 54.9 cm³/mol. The molecular formula is C11H12F3NO. The summed E-state index contributed by atoms with van der Waals surface area (Å²) in [6.07, 6.45) is -4.67. The Bertz CT molecular complexity index is 370. The molecule has 0 aliphatic heterocycles. The first-order valence-corrected chi connectivity index (χ1v) is 4.56. The van der Waals surface area contributed by atoms with Crippen molar-refractivity contribution >= 4 is 0 Å². The standard InChI is InChI=1S/C11H12F3NO/c1-7(2)10(15)8-3-5-9(6-4-8)16-11(12,13)14/h3-6,10H,1,15H2,2H3. The van der Waals surface area contributed by atoms with Crippen molar-refractivity contribution in [2.75, 3.05) is 0 Å². The lowest BCUT2D eigenvalue weighted by Crippen LogP contribution is -2.17. The smallest absolute Gasteiger partial charge is 0.406 e. The van der Waals surface area contributed by atoms with Gasteiger partial charge >= 0.3 is 6.36 Å². The van der Waals surface area contributed by atoms with Crippen molar-refractivity contribution in [3.8, 4) is 5.75 Å². The minimum Gasteiger partial charge on any atom is -0.406 e. The third kappa shape index (κ3) is 3.58. The molecule has 2 N–H and O–H groups in total. The largest absolute Gasteiger partial charge is 0.573 e. The van der Waals surface area contributed by atoms with Gasteiger partial charge in [0.15, 0.2) is 0 Å². The van der Waals surface area contributed by atoms with Crippen LogP contribution in [0.3, 0.4) is 0 Å². The summed E-state index contributed by atoms with van der Waals surface area (Å²) < 4.78 is 39.3. The first kappa shape index (κ1) is 12.6. The summed E-state index contributed by atoms with van der Waals surface area (Å²) in [6, 6.07) is 5.05. The molecular weight excluding hydrogens is 219 g/mol. The van der Waals surface area contributed by atoms with E-state index in [1.165, 1.54) is 24.3 Å². The minimum atomic E-state index is -4.67. The maximum atomic E-state index is 11.9. The van der Waals surface area contributed by atoms with Crippen LogP contribution in [0, 0.1) is 0 Å². The number of benzene rings is 1. The third-order valence-corrected chi connectivity index (χ3v) is 2.00. The van der Waals surface area contributed by atoms with E-state index in [2.05, 4.69) is 11.3 Å².